The van der Waals surface area contributed by atoms with Gasteiger partial charge in [0, 0.05) is 0 Å². The van der Waals surface area contributed by atoms with Crippen molar-refractivity contribution in [2.24, 2.45) is 11.8 Å². The van der Waals surface area contributed by atoms with E-state index in [1.54, 1.807) is 24.3 Å². The second kappa shape index (κ2) is 5.16. The average Bonchev–Trinajstić information content (AvgIpc) is 2.72. The van der Waals surface area contributed by atoms with Crippen molar-refractivity contribution in [3.8, 4) is 0 Å². The van der Waals surface area contributed by atoms with Crippen LogP contribution < -0.4 is 4.90 Å². The fourth-order valence-corrected chi connectivity index (χ4v) is 2.99. The zero-order valence-electron chi connectivity index (χ0n) is 11.4. The highest BCUT2D eigenvalue weighted by molar-refractivity contribution is 6.22. The number of allylic oxidation sites excluding steroid dienone is 2. The Morgan fingerprint density at radius 1 is 1.05 bits per heavy atom. The number of anilines is 1. The van der Waals surface area contributed by atoms with Crippen molar-refractivity contribution in [2.75, 3.05) is 4.90 Å². The van der Waals surface area contributed by atoms with Crippen LogP contribution in [-0.2, 0) is 20.8 Å². The number of carboxylic acid groups (broad SMARTS) is 1. The van der Waals surface area contributed by atoms with Crippen LogP contribution in [0.25, 0.3) is 0 Å². The van der Waals surface area contributed by atoms with Gasteiger partial charge in [0.15, 0.2) is 0 Å². The number of carbonyl (C=O) groups excluding carboxylic acids is 2. The summed E-state index contributed by atoms with van der Waals surface area (Å²) >= 11 is 0. The Hall–Kier alpha value is -2.43. The third kappa shape index (κ3) is 2.35. The second-order valence-electron chi connectivity index (χ2n) is 5.40. The lowest BCUT2D eigenvalue weighted by Crippen LogP contribution is -2.30. The van der Waals surface area contributed by atoms with E-state index in [9.17, 15) is 14.4 Å². The highest BCUT2D eigenvalue weighted by Gasteiger charge is 2.47. The molecule has 2 atom stereocenters. The van der Waals surface area contributed by atoms with Crippen LogP contribution in [0.1, 0.15) is 18.4 Å². The summed E-state index contributed by atoms with van der Waals surface area (Å²) in [4.78, 5) is 36.7. The van der Waals surface area contributed by atoms with Crippen molar-refractivity contribution >= 4 is 23.5 Å². The van der Waals surface area contributed by atoms with Crippen LogP contribution in [-0.4, -0.2) is 22.9 Å². The number of hydrogen-bond acceptors (Lipinski definition) is 3. The predicted molar refractivity (Wildman–Crippen MR) is 75.6 cm³/mol. The van der Waals surface area contributed by atoms with E-state index in [-0.39, 0.29) is 30.1 Å². The summed E-state index contributed by atoms with van der Waals surface area (Å²) in [6.45, 7) is 0. The number of carboxylic acids is 1. The molecule has 1 N–H and O–H groups in total. The summed E-state index contributed by atoms with van der Waals surface area (Å²) in [5.74, 6) is -1.71. The first-order valence-electron chi connectivity index (χ1n) is 6.91. The number of rotatable bonds is 3. The van der Waals surface area contributed by atoms with Gasteiger partial charge in [-0.15, -0.1) is 0 Å². The van der Waals surface area contributed by atoms with Gasteiger partial charge in [-0.1, -0.05) is 24.3 Å². The maximum absolute atomic E-state index is 12.4. The van der Waals surface area contributed by atoms with Crippen molar-refractivity contribution in [3.05, 3.63) is 42.0 Å². The maximum Gasteiger partial charge on any atom is 0.307 e. The minimum atomic E-state index is -0.909. The van der Waals surface area contributed by atoms with Gasteiger partial charge in [-0.3, -0.25) is 19.3 Å². The molecule has 2 aliphatic rings. The van der Waals surface area contributed by atoms with Gasteiger partial charge in [0.05, 0.1) is 23.9 Å². The van der Waals surface area contributed by atoms with E-state index in [1.165, 1.54) is 4.90 Å². The van der Waals surface area contributed by atoms with Gasteiger partial charge in [-0.2, -0.15) is 0 Å². The number of aliphatic carboxylic acids is 1. The highest BCUT2D eigenvalue weighted by Crippen LogP contribution is 2.37. The van der Waals surface area contributed by atoms with E-state index in [0.717, 1.165) is 0 Å². The number of imide groups is 1. The topological polar surface area (TPSA) is 74.7 Å². The molecule has 0 aromatic heterocycles. The minimum Gasteiger partial charge on any atom is -0.481 e. The average molecular weight is 285 g/mol. The molecule has 0 bridgehead atoms. The third-order valence-electron chi connectivity index (χ3n) is 4.06. The fourth-order valence-electron chi connectivity index (χ4n) is 2.99. The van der Waals surface area contributed by atoms with Crippen LogP contribution in [0.15, 0.2) is 36.4 Å². The molecule has 0 radical (unpaired) electrons. The Morgan fingerprint density at radius 2 is 1.57 bits per heavy atom. The molecule has 108 valence electrons. The molecule has 0 unspecified atom stereocenters. The highest BCUT2D eigenvalue weighted by atomic mass is 16.4. The molecule has 1 fully saturated rings. The van der Waals surface area contributed by atoms with Crippen molar-refractivity contribution in [3.63, 3.8) is 0 Å². The lowest BCUT2D eigenvalue weighted by molar-refractivity contribution is -0.136. The van der Waals surface area contributed by atoms with Crippen LogP contribution in [0.5, 0.6) is 0 Å². The maximum atomic E-state index is 12.4. The zero-order chi connectivity index (χ0) is 15.0. The van der Waals surface area contributed by atoms with Gasteiger partial charge < -0.3 is 5.11 Å². The van der Waals surface area contributed by atoms with Crippen LogP contribution >= 0.6 is 0 Å². The fraction of sp³-hybridized carbons (Fsp3) is 0.312. The first-order valence-corrected chi connectivity index (χ1v) is 6.91. The first kappa shape index (κ1) is 13.5. The molecule has 1 saturated heterocycles. The molecule has 1 aliphatic heterocycles. The quantitative estimate of drug-likeness (QED) is 0.678. The number of fused-ring (bicyclic) bond motifs is 1. The van der Waals surface area contributed by atoms with Gasteiger partial charge in [0.25, 0.3) is 0 Å². The summed E-state index contributed by atoms with van der Waals surface area (Å²) in [6.07, 6.45) is 5.06. The molecular formula is C16H15NO4. The summed E-state index contributed by atoms with van der Waals surface area (Å²) < 4.78 is 0. The standard InChI is InChI=1S/C16H15NO4/c18-14(19)9-10-5-7-11(8-6-10)17-15(20)12-3-1-2-4-13(12)16(17)21/h1-2,5-8,12-13H,3-4,9H2,(H,18,19)/t12-,13+. The summed E-state index contributed by atoms with van der Waals surface area (Å²) in [6, 6.07) is 6.56. The number of amides is 2. The molecule has 0 saturated carbocycles. The van der Waals surface area contributed by atoms with Gasteiger partial charge in [0.1, 0.15) is 0 Å². The molecule has 21 heavy (non-hydrogen) atoms. The monoisotopic (exact) mass is 285 g/mol. The number of benzene rings is 1. The van der Waals surface area contributed by atoms with E-state index >= 15 is 0 Å². The molecule has 1 aromatic carbocycles. The van der Waals surface area contributed by atoms with Crippen LogP contribution in [0.2, 0.25) is 0 Å². The van der Waals surface area contributed by atoms with E-state index in [4.69, 9.17) is 5.11 Å². The first-order chi connectivity index (χ1) is 10.1. The molecule has 1 aromatic rings. The molecule has 0 spiro atoms. The molecule has 5 nitrogen and oxygen atoms in total. The molecule has 2 amide bonds. The molecule has 1 aliphatic carbocycles. The van der Waals surface area contributed by atoms with Gasteiger partial charge in [0.2, 0.25) is 11.8 Å². The molecule has 1 heterocycles. The molecular weight excluding hydrogens is 270 g/mol. The molecule has 5 heteroatoms. The molecule has 3 rings (SSSR count). The van der Waals surface area contributed by atoms with Gasteiger partial charge in [-0.05, 0) is 30.5 Å². The van der Waals surface area contributed by atoms with Gasteiger partial charge >= 0.3 is 5.97 Å². The lowest BCUT2D eigenvalue weighted by atomic mass is 9.85. The zero-order valence-corrected chi connectivity index (χ0v) is 11.4. The SMILES string of the molecule is O=C(O)Cc1ccc(N2C(=O)[C@H]3CC=CC[C@H]3C2=O)cc1. The minimum absolute atomic E-state index is 0.0721. The van der Waals surface area contributed by atoms with Crippen molar-refractivity contribution < 1.29 is 19.5 Å². The van der Waals surface area contributed by atoms with Crippen LogP contribution in [0.4, 0.5) is 5.69 Å². The van der Waals surface area contributed by atoms with Crippen LogP contribution in [0.3, 0.4) is 0 Å². The Morgan fingerprint density at radius 3 is 2.05 bits per heavy atom. The van der Waals surface area contributed by atoms with E-state index in [2.05, 4.69) is 0 Å². The normalized spacial score (nSPS) is 24.3. The largest absolute Gasteiger partial charge is 0.481 e. The Labute approximate surface area is 121 Å². The smallest absolute Gasteiger partial charge is 0.307 e. The van der Waals surface area contributed by atoms with Crippen LogP contribution in [0, 0.1) is 11.8 Å². The van der Waals surface area contributed by atoms with Crippen molar-refractivity contribution in [1.82, 2.24) is 0 Å². The van der Waals surface area contributed by atoms with E-state index in [1.807, 2.05) is 12.2 Å². The summed E-state index contributed by atoms with van der Waals surface area (Å²) in [7, 11) is 0. The third-order valence-corrected chi connectivity index (χ3v) is 4.06. The van der Waals surface area contributed by atoms with Crippen molar-refractivity contribution in [2.45, 2.75) is 19.3 Å². The number of hydrogen-bond donors (Lipinski definition) is 1. The Bertz CT molecular complexity index is 606. The summed E-state index contributed by atoms with van der Waals surface area (Å²) in [5, 5.41) is 8.75. The number of nitrogens with zero attached hydrogens (tertiary/aromatic N) is 1. The van der Waals surface area contributed by atoms with E-state index in [0.29, 0.717) is 24.1 Å². The second-order valence-corrected chi connectivity index (χ2v) is 5.40. The van der Waals surface area contributed by atoms with E-state index < -0.39 is 5.97 Å². The number of carbonyl (C=O) groups is 3. The predicted octanol–water partition coefficient (Wildman–Crippen LogP) is 1.77. The Balaban J connectivity index is 1.85. The van der Waals surface area contributed by atoms with Gasteiger partial charge in [-0.25, -0.2) is 0 Å². The lowest BCUT2D eigenvalue weighted by Gasteiger charge is -2.15. The van der Waals surface area contributed by atoms with Crippen molar-refractivity contribution in [1.29, 1.82) is 0 Å². The summed E-state index contributed by atoms with van der Waals surface area (Å²) in [5.41, 5.74) is 1.16. The Kier molecular flexibility index (Phi) is 3.33.